The van der Waals surface area contributed by atoms with Crippen LogP contribution in [0.15, 0.2) is 35.9 Å². The average molecular weight is 240 g/mol. The summed E-state index contributed by atoms with van der Waals surface area (Å²) < 4.78 is 3.34. The zero-order valence-corrected chi connectivity index (χ0v) is 11.3. The summed E-state index contributed by atoms with van der Waals surface area (Å²) in [6, 6.07) is 0. The minimum Gasteiger partial charge on any atom is -0.388 e. The zero-order chi connectivity index (χ0) is 12.2. The van der Waals surface area contributed by atoms with Gasteiger partial charge in [0.25, 0.3) is 0 Å². The van der Waals surface area contributed by atoms with Gasteiger partial charge in [-0.3, -0.25) is 4.72 Å². The second-order valence-corrected chi connectivity index (χ2v) is 4.48. The maximum absolute atomic E-state index is 3.93. The smallest absolute Gasteiger partial charge is 0.0453 e. The number of rotatable bonds is 10. The Bertz CT molecular complexity index is 234. The van der Waals surface area contributed by atoms with Crippen LogP contribution in [-0.2, 0) is 0 Å². The topological polar surface area (TPSA) is 24.1 Å². The van der Waals surface area contributed by atoms with Crippen LogP contribution in [-0.4, -0.2) is 13.6 Å². The van der Waals surface area contributed by atoms with Gasteiger partial charge in [-0.1, -0.05) is 45.4 Å². The lowest BCUT2D eigenvalue weighted by atomic mass is 10.2. The number of hydrogen-bond donors (Lipinski definition) is 2. The van der Waals surface area contributed by atoms with E-state index in [0.29, 0.717) is 0 Å². The summed E-state index contributed by atoms with van der Waals surface area (Å²) >= 11 is 1.61. The van der Waals surface area contributed by atoms with Crippen molar-refractivity contribution >= 4 is 11.9 Å². The van der Waals surface area contributed by atoms with Gasteiger partial charge in [0.1, 0.15) is 0 Å². The van der Waals surface area contributed by atoms with Crippen LogP contribution in [0.3, 0.4) is 0 Å². The molecular weight excluding hydrogens is 216 g/mol. The molecule has 0 atom stereocenters. The van der Waals surface area contributed by atoms with Crippen LogP contribution in [0.5, 0.6) is 0 Å². The van der Waals surface area contributed by atoms with Gasteiger partial charge in [-0.15, -0.1) is 0 Å². The highest BCUT2D eigenvalue weighted by Gasteiger charge is 2.00. The molecule has 0 aromatic rings. The standard InChI is InChI=1S/C13H24N2S/c1-5-7-8-9-11-15-16-13(10-6-2)12(3)14-4/h6,10,14-15H,2-3,5,7-9,11H2,1,4H3/b13-10+. The van der Waals surface area contributed by atoms with Gasteiger partial charge < -0.3 is 5.32 Å². The molecule has 0 saturated heterocycles. The van der Waals surface area contributed by atoms with Crippen LogP contribution in [0, 0.1) is 0 Å². The highest BCUT2D eigenvalue weighted by Crippen LogP contribution is 2.17. The van der Waals surface area contributed by atoms with Crippen molar-refractivity contribution in [1.82, 2.24) is 10.0 Å². The van der Waals surface area contributed by atoms with Gasteiger partial charge in [-0.2, -0.15) is 0 Å². The number of nitrogens with one attached hydrogen (secondary N) is 2. The van der Waals surface area contributed by atoms with E-state index in [1.807, 2.05) is 13.1 Å². The molecule has 2 nitrogen and oxygen atoms in total. The second-order valence-electron chi connectivity index (χ2n) is 3.55. The molecule has 0 heterocycles. The van der Waals surface area contributed by atoms with Crippen molar-refractivity contribution in [2.45, 2.75) is 32.6 Å². The zero-order valence-electron chi connectivity index (χ0n) is 10.5. The van der Waals surface area contributed by atoms with Gasteiger partial charge >= 0.3 is 0 Å². The average Bonchev–Trinajstić information content (AvgIpc) is 2.31. The summed E-state index contributed by atoms with van der Waals surface area (Å²) in [5.41, 5.74) is 0.922. The van der Waals surface area contributed by atoms with E-state index in [2.05, 4.69) is 30.1 Å². The maximum Gasteiger partial charge on any atom is 0.0453 e. The molecule has 0 radical (unpaired) electrons. The molecule has 16 heavy (non-hydrogen) atoms. The fraction of sp³-hybridized carbons (Fsp3) is 0.538. The molecule has 0 aliphatic carbocycles. The van der Waals surface area contributed by atoms with E-state index in [1.165, 1.54) is 25.7 Å². The van der Waals surface area contributed by atoms with Gasteiger partial charge in [0.15, 0.2) is 0 Å². The van der Waals surface area contributed by atoms with Crippen molar-refractivity contribution in [3.8, 4) is 0 Å². The lowest BCUT2D eigenvalue weighted by molar-refractivity contribution is 0.663. The van der Waals surface area contributed by atoms with Crippen molar-refractivity contribution in [1.29, 1.82) is 0 Å². The number of likely N-dealkylation sites (N-methyl/N-ethyl adjacent to an activating group) is 1. The third kappa shape index (κ3) is 7.60. The summed E-state index contributed by atoms with van der Waals surface area (Å²) in [5.74, 6) is 0. The monoisotopic (exact) mass is 240 g/mol. The molecule has 92 valence electrons. The van der Waals surface area contributed by atoms with Crippen LogP contribution in [0.25, 0.3) is 0 Å². The molecule has 0 unspecified atom stereocenters. The Morgan fingerprint density at radius 1 is 1.31 bits per heavy atom. The van der Waals surface area contributed by atoms with E-state index < -0.39 is 0 Å². The second kappa shape index (κ2) is 10.8. The molecule has 0 aromatic carbocycles. The Hall–Kier alpha value is -0.670. The minimum absolute atomic E-state index is 0.922. The van der Waals surface area contributed by atoms with Crippen LogP contribution in [0.2, 0.25) is 0 Å². The Labute approximate surface area is 104 Å². The van der Waals surface area contributed by atoms with Crippen molar-refractivity contribution in [3.05, 3.63) is 35.9 Å². The molecule has 0 fully saturated rings. The summed E-state index contributed by atoms with van der Waals surface area (Å²) in [5, 5.41) is 3.04. The Morgan fingerprint density at radius 2 is 2.06 bits per heavy atom. The lowest BCUT2D eigenvalue weighted by Crippen LogP contribution is -2.11. The molecular formula is C13H24N2S. The first-order chi connectivity index (χ1) is 7.76. The van der Waals surface area contributed by atoms with Crippen LogP contribution < -0.4 is 10.0 Å². The predicted molar refractivity (Wildman–Crippen MR) is 76.2 cm³/mol. The van der Waals surface area contributed by atoms with E-state index >= 15 is 0 Å². The van der Waals surface area contributed by atoms with Crippen molar-refractivity contribution < 1.29 is 0 Å². The number of hydrogen-bond acceptors (Lipinski definition) is 3. The quantitative estimate of drug-likeness (QED) is 0.346. The molecule has 0 aliphatic heterocycles. The van der Waals surface area contributed by atoms with E-state index in [9.17, 15) is 0 Å². The third-order valence-electron chi connectivity index (χ3n) is 2.18. The summed E-state index contributed by atoms with van der Waals surface area (Å²) in [7, 11) is 1.88. The normalized spacial score (nSPS) is 11.2. The van der Waals surface area contributed by atoms with Crippen LogP contribution in [0.1, 0.15) is 32.6 Å². The molecule has 3 heteroatoms. The van der Waals surface area contributed by atoms with Crippen molar-refractivity contribution in [3.63, 3.8) is 0 Å². The fourth-order valence-corrected chi connectivity index (χ4v) is 1.97. The Kier molecular flexibility index (Phi) is 10.4. The van der Waals surface area contributed by atoms with Gasteiger partial charge in [0.2, 0.25) is 0 Å². The molecule has 0 rings (SSSR count). The summed E-state index contributed by atoms with van der Waals surface area (Å²) in [4.78, 5) is 1.09. The summed E-state index contributed by atoms with van der Waals surface area (Å²) in [6.07, 6.45) is 8.88. The predicted octanol–water partition coefficient (Wildman–Crippen LogP) is 3.61. The largest absolute Gasteiger partial charge is 0.388 e. The molecule has 0 aromatic heterocycles. The van der Waals surface area contributed by atoms with E-state index in [4.69, 9.17) is 0 Å². The van der Waals surface area contributed by atoms with Gasteiger partial charge in [0, 0.05) is 24.2 Å². The molecule has 0 bridgehead atoms. The Balaban J connectivity index is 3.74. The van der Waals surface area contributed by atoms with E-state index in [1.54, 1.807) is 18.0 Å². The number of allylic oxidation sites excluding steroid dienone is 2. The molecule has 2 N–H and O–H groups in total. The van der Waals surface area contributed by atoms with E-state index in [0.717, 1.165) is 17.1 Å². The molecule has 0 aliphatic rings. The first kappa shape index (κ1) is 15.3. The first-order valence-corrected chi connectivity index (χ1v) is 6.67. The molecule has 0 amide bonds. The van der Waals surface area contributed by atoms with Gasteiger partial charge in [-0.05, 0) is 24.4 Å². The van der Waals surface area contributed by atoms with E-state index in [-0.39, 0.29) is 0 Å². The van der Waals surface area contributed by atoms with Crippen LogP contribution in [0.4, 0.5) is 0 Å². The van der Waals surface area contributed by atoms with Crippen molar-refractivity contribution in [2.75, 3.05) is 13.6 Å². The molecule has 0 spiro atoms. The SMILES string of the molecule is C=C/C=C(/SNCCCCCC)C(=C)NC. The van der Waals surface area contributed by atoms with Gasteiger partial charge in [-0.25, -0.2) is 0 Å². The fourth-order valence-electron chi connectivity index (χ4n) is 1.18. The highest BCUT2D eigenvalue weighted by atomic mass is 32.2. The summed E-state index contributed by atoms with van der Waals surface area (Å²) in [6.45, 7) is 10.9. The van der Waals surface area contributed by atoms with Gasteiger partial charge in [0.05, 0.1) is 0 Å². The van der Waals surface area contributed by atoms with Crippen molar-refractivity contribution in [2.24, 2.45) is 0 Å². The van der Waals surface area contributed by atoms with Crippen LogP contribution >= 0.6 is 11.9 Å². The maximum atomic E-state index is 3.93. The molecule has 0 saturated carbocycles. The lowest BCUT2D eigenvalue weighted by Gasteiger charge is -2.10. The highest BCUT2D eigenvalue weighted by molar-refractivity contribution is 8.01. The number of unbranched alkanes of at least 4 members (excludes halogenated alkanes) is 3. The Morgan fingerprint density at radius 3 is 2.62 bits per heavy atom. The third-order valence-corrected chi connectivity index (χ3v) is 3.13. The first-order valence-electron chi connectivity index (χ1n) is 5.85. The minimum atomic E-state index is 0.922.